The zero-order valence-electron chi connectivity index (χ0n) is 6.36. The highest BCUT2D eigenvalue weighted by Crippen LogP contribution is 2.23. The molecule has 66 valence electrons. The van der Waals surface area contributed by atoms with Crippen molar-refractivity contribution in [1.29, 1.82) is 0 Å². The predicted octanol–water partition coefficient (Wildman–Crippen LogP) is 3.09. The molecule has 0 amide bonds. The molecule has 0 fully saturated rings. The Morgan fingerprint density at radius 2 is 2.23 bits per heavy atom. The summed E-state index contributed by atoms with van der Waals surface area (Å²) in [4.78, 5) is 12.3. The van der Waals surface area contributed by atoms with Gasteiger partial charge in [-0.3, -0.25) is 4.79 Å². The molecule has 0 bridgehead atoms. The third-order valence-corrected chi connectivity index (χ3v) is 3.26. The summed E-state index contributed by atoms with van der Waals surface area (Å²) in [6.07, 6.45) is 0. The normalized spacial score (nSPS) is 10.2. The van der Waals surface area contributed by atoms with Crippen molar-refractivity contribution in [1.82, 2.24) is 4.37 Å². The number of hydrogen-bond acceptors (Lipinski definition) is 4. The number of halogens is 1. The van der Waals surface area contributed by atoms with E-state index in [9.17, 15) is 4.79 Å². The summed E-state index contributed by atoms with van der Waals surface area (Å²) in [5.41, 5.74) is 0.489. The van der Waals surface area contributed by atoms with Crippen molar-refractivity contribution in [3.63, 3.8) is 0 Å². The van der Waals surface area contributed by atoms with E-state index in [1.165, 1.54) is 22.9 Å². The van der Waals surface area contributed by atoms with Crippen LogP contribution in [-0.4, -0.2) is 10.2 Å². The molecule has 2 nitrogen and oxygen atoms in total. The smallest absolute Gasteiger partial charge is 0.222 e. The first kappa shape index (κ1) is 8.87. The summed E-state index contributed by atoms with van der Waals surface area (Å²) in [7, 11) is 0. The van der Waals surface area contributed by atoms with Crippen LogP contribution < -0.4 is 0 Å². The number of hydrogen-bond donors (Lipinski definition) is 0. The van der Waals surface area contributed by atoms with Crippen LogP contribution in [0.3, 0.4) is 0 Å². The number of rotatable bonds is 2. The molecule has 0 saturated carbocycles. The van der Waals surface area contributed by atoms with Crippen molar-refractivity contribution in [2.45, 2.75) is 0 Å². The average Bonchev–Trinajstić information content (AvgIpc) is 2.72. The summed E-state index contributed by atoms with van der Waals surface area (Å²) in [6.45, 7) is 0. The van der Waals surface area contributed by atoms with Gasteiger partial charge in [0.15, 0.2) is 0 Å². The van der Waals surface area contributed by atoms with Crippen molar-refractivity contribution >= 4 is 40.3 Å². The molecule has 13 heavy (non-hydrogen) atoms. The van der Waals surface area contributed by atoms with Gasteiger partial charge in [0.2, 0.25) is 5.78 Å². The summed E-state index contributed by atoms with van der Waals surface area (Å²) >= 11 is 8.26. The van der Waals surface area contributed by atoms with Crippen LogP contribution in [0.2, 0.25) is 4.34 Å². The molecule has 2 aromatic heterocycles. The maximum absolute atomic E-state index is 11.6. The molecular weight excluding hydrogens is 226 g/mol. The molecule has 0 aliphatic rings. The van der Waals surface area contributed by atoms with Gasteiger partial charge in [0.05, 0.1) is 9.21 Å². The Hall–Kier alpha value is -0.710. The van der Waals surface area contributed by atoms with Crippen LogP contribution in [0.5, 0.6) is 0 Å². The minimum absolute atomic E-state index is 0.0573. The van der Waals surface area contributed by atoms with Gasteiger partial charge in [-0.1, -0.05) is 11.6 Å². The Morgan fingerprint density at radius 1 is 1.38 bits per heavy atom. The molecule has 0 unspecified atom stereocenters. The first-order chi connectivity index (χ1) is 6.27. The van der Waals surface area contributed by atoms with E-state index in [1.807, 2.05) is 0 Å². The second-order valence-electron chi connectivity index (χ2n) is 2.32. The highest BCUT2D eigenvalue weighted by molar-refractivity contribution is 7.18. The number of nitrogens with zero attached hydrogens (tertiary/aromatic N) is 1. The van der Waals surface area contributed by atoms with Crippen molar-refractivity contribution in [2.24, 2.45) is 0 Å². The molecule has 0 aliphatic carbocycles. The van der Waals surface area contributed by atoms with E-state index in [1.54, 1.807) is 23.6 Å². The van der Waals surface area contributed by atoms with E-state index in [4.69, 9.17) is 11.6 Å². The summed E-state index contributed by atoms with van der Waals surface area (Å²) in [5, 5.41) is 1.78. The second-order valence-corrected chi connectivity index (χ2v) is 4.70. The number of thiophene rings is 1. The fraction of sp³-hybridized carbons (Fsp3) is 0. The maximum atomic E-state index is 11.6. The van der Waals surface area contributed by atoms with Crippen molar-refractivity contribution < 1.29 is 4.79 Å². The van der Waals surface area contributed by atoms with Gasteiger partial charge in [0.1, 0.15) is 5.69 Å². The minimum atomic E-state index is -0.0573. The SMILES string of the molecule is O=C(c1ccsn1)c1ccc(Cl)s1. The van der Waals surface area contributed by atoms with Gasteiger partial charge in [0, 0.05) is 5.38 Å². The highest BCUT2D eigenvalue weighted by atomic mass is 35.5. The summed E-state index contributed by atoms with van der Waals surface area (Å²) in [5.74, 6) is -0.0573. The zero-order chi connectivity index (χ0) is 9.26. The number of carbonyl (C=O) groups excluding carboxylic acids is 1. The lowest BCUT2D eigenvalue weighted by molar-refractivity contribution is 0.103. The zero-order valence-corrected chi connectivity index (χ0v) is 8.75. The van der Waals surface area contributed by atoms with E-state index in [2.05, 4.69) is 4.37 Å². The largest absolute Gasteiger partial charge is 0.286 e. The Labute approximate surface area is 88.0 Å². The molecule has 0 aliphatic heterocycles. The lowest BCUT2D eigenvalue weighted by Gasteiger charge is -1.89. The van der Waals surface area contributed by atoms with Gasteiger partial charge in [-0.15, -0.1) is 11.3 Å². The van der Waals surface area contributed by atoms with E-state index >= 15 is 0 Å². The molecule has 0 spiro atoms. The minimum Gasteiger partial charge on any atom is -0.286 e. The number of aromatic nitrogens is 1. The molecule has 0 N–H and O–H groups in total. The van der Waals surface area contributed by atoms with Gasteiger partial charge < -0.3 is 0 Å². The molecule has 5 heteroatoms. The molecule has 0 atom stereocenters. The van der Waals surface area contributed by atoms with E-state index in [0.29, 0.717) is 14.9 Å². The molecule has 0 saturated heterocycles. The molecule has 2 aromatic rings. The van der Waals surface area contributed by atoms with Crippen LogP contribution in [0.15, 0.2) is 23.6 Å². The first-order valence-electron chi connectivity index (χ1n) is 3.48. The highest BCUT2D eigenvalue weighted by Gasteiger charge is 2.12. The van der Waals surface area contributed by atoms with Gasteiger partial charge in [-0.2, -0.15) is 4.37 Å². The quantitative estimate of drug-likeness (QED) is 0.741. The molecule has 0 aromatic carbocycles. The average molecular weight is 230 g/mol. The number of carbonyl (C=O) groups is 1. The first-order valence-corrected chi connectivity index (χ1v) is 5.51. The van der Waals surface area contributed by atoms with Crippen LogP contribution in [0, 0.1) is 0 Å². The van der Waals surface area contributed by atoms with Crippen LogP contribution in [0.4, 0.5) is 0 Å². The third-order valence-electron chi connectivity index (χ3n) is 1.47. The monoisotopic (exact) mass is 229 g/mol. The second kappa shape index (κ2) is 3.57. The maximum Gasteiger partial charge on any atom is 0.222 e. The molecule has 0 radical (unpaired) electrons. The van der Waals surface area contributed by atoms with Gasteiger partial charge >= 0.3 is 0 Å². The Kier molecular flexibility index (Phi) is 2.44. The summed E-state index contributed by atoms with van der Waals surface area (Å²) < 4.78 is 4.58. The van der Waals surface area contributed by atoms with E-state index in [0.717, 1.165) is 0 Å². The van der Waals surface area contributed by atoms with Crippen LogP contribution >= 0.6 is 34.5 Å². The van der Waals surface area contributed by atoms with Gasteiger partial charge in [0.25, 0.3) is 0 Å². The number of ketones is 1. The lowest BCUT2D eigenvalue weighted by atomic mass is 10.2. The molecule has 2 heterocycles. The topological polar surface area (TPSA) is 30.0 Å². The Balaban J connectivity index is 2.33. The van der Waals surface area contributed by atoms with Crippen molar-refractivity contribution in [3.8, 4) is 0 Å². The van der Waals surface area contributed by atoms with Crippen molar-refractivity contribution in [3.05, 3.63) is 38.5 Å². The van der Waals surface area contributed by atoms with E-state index in [-0.39, 0.29) is 5.78 Å². The Bertz CT molecular complexity index is 421. The van der Waals surface area contributed by atoms with Gasteiger partial charge in [-0.05, 0) is 29.7 Å². The van der Waals surface area contributed by atoms with Crippen LogP contribution in [0.25, 0.3) is 0 Å². The van der Waals surface area contributed by atoms with Gasteiger partial charge in [-0.25, -0.2) is 0 Å². The predicted molar refractivity (Wildman–Crippen MR) is 54.9 cm³/mol. The summed E-state index contributed by atoms with van der Waals surface area (Å²) in [6, 6.07) is 5.14. The van der Waals surface area contributed by atoms with Crippen LogP contribution in [-0.2, 0) is 0 Å². The van der Waals surface area contributed by atoms with E-state index < -0.39 is 0 Å². The van der Waals surface area contributed by atoms with Crippen molar-refractivity contribution in [2.75, 3.05) is 0 Å². The van der Waals surface area contributed by atoms with Crippen LogP contribution in [0.1, 0.15) is 15.4 Å². The Morgan fingerprint density at radius 3 is 2.77 bits per heavy atom. The fourth-order valence-electron chi connectivity index (χ4n) is 0.892. The third kappa shape index (κ3) is 1.80. The molecular formula is C8H4ClNOS2. The lowest BCUT2D eigenvalue weighted by Crippen LogP contribution is -1.97. The fourth-order valence-corrected chi connectivity index (χ4v) is 2.39. The standard InChI is InChI=1S/C8H4ClNOS2/c9-7-2-1-6(13-7)8(11)5-3-4-12-10-5/h1-4H. The molecule has 2 rings (SSSR count).